The van der Waals surface area contributed by atoms with Gasteiger partial charge < -0.3 is 14.9 Å². The van der Waals surface area contributed by atoms with Crippen molar-refractivity contribution >= 4 is 34.0 Å². The van der Waals surface area contributed by atoms with Gasteiger partial charge in [0, 0.05) is 16.1 Å². The average molecular weight is 530 g/mol. The van der Waals surface area contributed by atoms with Crippen LogP contribution in [0.1, 0.15) is 46.3 Å². The van der Waals surface area contributed by atoms with Gasteiger partial charge in [-0.1, -0.05) is 36.7 Å². The zero-order chi connectivity index (χ0) is 26.8. The molecule has 0 aliphatic rings. The first kappa shape index (κ1) is 25.2. The van der Waals surface area contributed by atoms with E-state index in [4.69, 9.17) is 26.5 Å². The summed E-state index contributed by atoms with van der Waals surface area (Å²) < 4.78 is 11.7. The van der Waals surface area contributed by atoms with E-state index in [0.29, 0.717) is 34.4 Å². The van der Waals surface area contributed by atoms with E-state index in [-0.39, 0.29) is 39.6 Å². The van der Waals surface area contributed by atoms with E-state index in [1.54, 1.807) is 43.3 Å². The number of nitrogens with zero attached hydrogens (tertiary/aromatic N) is 3. The molecule has 0 saturated heterocycles. The summed E-state index contributed by atoms with van der Waals surface area (Å²) >= 11 is 5.97. The standard InChI is InChI=1S/C28H24ClN5O4/c1-15(17-4-8-19(29)9-5-17)13-14-37-20-10-6-18(7-11-20)25(35)22-16(2)3-12-21-23(22)26(36)24(30)27(38-21)28-31-33-34-32-28/h3-12,15H,13-14,30H2,1-2H3,(H,31,32,33,34). The summed E-state index contributed by atoms with van der Waals surface area (Å²) in [5.41, 5.74) is 7.99. The van der Waals surface area contributed by atoms with Crippen molar-refractivity contribution in [3.63, 3.8) is 0 Å². The lowest BCUT2D eigenvalue weighted by molar-refractivity contribution is 0.103. The number of halogens is 1. The van der Waals surface area contributed by atoms with Crippen LogP contribution in [0.15, 0.2) is 69.9 Å². The van der Waals surface area contributed by atoms with Gasteiger partial charge >= 0.3 is 0 Å². The number of benzene rings is 3. The van der Waals surface area contributed by atoms with Crippen molar-refractivity contribution in [1.82, 2.24) is 20.6 Å². The summed E-state index contributed by atoms with van der Waals surface area (Å²) in [6, 6.07) is 18.0. The van der Waals surface area contributed by atoms with Gasteiger partial charge in [-0.05, 0) is 78.1 Å². The second kappa shape index (κ2) is 10.5. The maximum atomic E-state index is 13.5. The number of aromatic nitrogens is 4. The van der Waals surface area contributed by atoms with Crippen LogP contribution in [0.2, 0.25) is 5.02 Å². The monoisotopic (exact) mass is 529 g/mol. The molecule has 3 N–H and O–H groups in total. The van der Waals surface area contributed by atoms with Gasteiger partial charge in [0.25, 0.3) is 0 Å². The number of aromatic amines is 1. The normalized spacial score (nSPS) is 12.0. The van der Waals surface area contributed by atoms with Crippen molar-refractivity contribution in [3.8, 4) is 17.3 Å². The van der Waals surface area contributed by atoms with Crippen LogP contribution in [0, 0.1) is 6.92 Å². The third kappa shape index (κ3) is 4.88. The first-order valence-electron chi connectivity index (χ1n) is 12.0. The molecule has 2 aromatic heterocycles. The third-order valence-electron chi connectivity index (χ3n) is 6.45. The smallest absolute Gasteiger partial charge is 0.242 e. The number of aryl methyl sites for hydroxylation is 1. The summed E-state index contributed by atoms with van der Waals surface area (Å²) in [7, 11) is 0. The van der Waals surface area contributed by atoms with E-state index in [1.165, 1.54) is 5.56 Å². The number of nitrogens with one attached hydrogen (secondary N) is 1. The fraction of sp³-hybridized carbons (Fsp3) is 0.179. The molecule has 5 aromatic rings. The number of hydrogen-bond acceptors (Lipinski definition) is 8. The lowest BCUT2D eigenvalue weighted by Crippen LogP contribution is -2.15. The van der Waals surface area contributed by atoms with Crippen LogP contribution in [0.3, 0.4) is 0 Å². The second-order valence-corrected chi connectivity index (χ2v) is 9.42. The molecule has 0 aliphatic carbocycles. The molecule has 0 fully saturated rings. The van der Waals surface area contributed by atoms with Crippen LogP contribution >= 0.6 is 11.6 Å². The van der Waals surface area contributed by atoms with Crippen molar-refractivity contribution in [2.75, 3.05) is 12.3 Å². The molecule has 0 amide bonds. The number of tetrazole rings is 1. The number of fused-ring (bicyclic) bond motifs is 1. The molecule has 0 spiro atoms. The predicted octanol–water partition coefficient (Wildman–Crippen LogP) is 5.32. The summed E-state index contributed by atoms with van der Waals surface area (Å²) in [6.45, 7) is 4.41. The molecular formula is C28H24ClN5O4. The van der Waals surface area contributed by atoms with Gasteiger partial charge in [0.2, 0.25) is 17.0 Å². The van der Waals surface area contributed by atoms with E-state index in [1.807, 2.05) is 24.3 Å². The van der Waals surface area contributed by atoms with E-state index >= 15 is 0 Å². The molecule has 9 nitrogen and oxygen atoms in total. The van der Waals surface area contributed by atoms with Gasteiger partial charge in [0.15, 0.2) is 5.78 Å². The Labute approximate surface area is 222 Å². The molecule has 0 radical (unpaired) electrons. The van der Waals surface area contributed by atoms with Crippen molar-refractivity contribution in [2.24, 2.45) is 0 Å². The van der Waals surface area contributed by atoms with Crippen LogP contribution in [0.4, 0.5) is 5.69 Å². The molecule has 192 valence electrons. The summed E-state index contributed by atoms with van der Waals surface area (Å²) in [4.78, 5) is 26.8. The van der Waals surface area contributed by atoms with Crippen LogP contribution in [0.5, 0.6) is 5.75 Å². The van der Waals surface area contributed by atoms with E-state index < -0.39 is 5.43 Å². The first-order chi connectivity index (χ1) is 18.3. The Balaban J connectivity index is 1.36. The van der Waals surface area contributed by atoms with Crippen molar-refractivity contribution in [3.05, 3.63) is 98.2 Å². The molecule has 38 heavy (non-hydrogen) atoms. The van der Waals surface area contributed by atoms with Crippen molar-refractivity contribution < 1.29 is 13.9 Å². The first-order valence-corrected chi connectivity index (χ1v) is 12.3. The number of carbonyl (C=O) groups is 1. The topological polar surface area (TPSA) is 137 Å². The molecule has 10 heteroatoms. The van der Waals surface area contributed by atoms with Gasteiger partial charge in [-0.25, -0.2) is 0 Å². The average Bonchev–Trinajstić information content (AvgIpc) is 3.46. The molecular weight excluding hydrogens is 506 g/mol. The Morgan fingerprint density at radius 2 is 1.84 bits per heavy atom. The quantitative estimate of drug-likeness (QED) is 0.258. The zero-order valence-corrected chi connectivity index (χ0v) is 21.5. The number of rotatable bonds is 8. The Hall–Kier alpha value is -4.50. The molecule has 1 unspecified atom stereocenters. The largest absolute Gasteiger partial charge is 0.494 e. The second-order valence-electron chi connectivity index (χ2n) is 8.98. The fourth-order valence-electron chi connectivity index (χ4n) is 4.28. The van der Waals surface area contributed by atoms with Crippen LogP contribution in [-0.2, 0) is 0 Å². The number of H-pyrrole nitrogens is 1. The van der Waals surface area contributed by atoms with Gasteiger partial charge in [0.1, 0.15) is 17.0 Å². The Bertz CT molecular complexity index is 1660. The third-order valence-corrected chi connectivity index (χ3v) is 6.71. The number of ether oxygens (including phenoxy) is 1. The minimum absolute atomic E-state index is 0.00890. The maximum absolute atomic E-state index is 13.5. The number of ketones is 1. The highest BCUT2D eigenvalue weighted by molar-refractivity contribution is 6.30. The highest BCUT2D eigenvalue weighted by Crippen LogP contribution is 2.29. The number of nitrogens with two attached hydrogens (primary N) is 1. The number of hydrogen-bond donors (Lipinski definition) is 2. The molecule has 0 bridgehead atoms. The highest BCUT2D eigenvalue weighted by Gasteiger charge is 2.23. The predicted molar refractivity (Wildman–Crippen MR) is 145 cm³/mol. The van der Waals surface area contributed by atoms with Gasteiger partial charge in [-0.15, -0.1) is 10.2 Å². The Kier molecular flexibility index (Phi) is 6.93. The van der Waals surface area contributed by atoms with E-state index in [0.717, 1.165) is 6.42 Å². The van der Waals surface area contributed by atoms with Crippen molar-refractivity contribution in [2.45, 2.75) is 26.2 Å². The van der Waals surface area contributed by atoms with E-state index in [9.17, 15) is 9.59 Å². The Morgan fingerprint density at radius 3 is 2.53 bits per heavy atom. The lowest BCUT2D eigenvalue weighted by Gasteiger charge is -2.13. The van der Waals surface area contributed by atoms with Crippen molar-refractivity contribution in [1.29, 1.82) is 0 Å². The molecule has 3 aromatic carbocycles. The minimum atomic E-state index is -0.534. The lowest BCUT2D eigenvalue weighted by atomic mass is 9.94. The molecule has 2 heterocycles. The molecule has 5 rings (SSSR count). The summed E-state index contributed by atoms with van der Waals surface area (Å²) in [5, 5.41) is 14.3. The molecule has 0 aliphatic heterocycles. The minimum Gasteiger partial charge on any atom is -0.494 e. The van der Waals surface area contributed by atoms with Crippen LogP contribution in [0.25, 0.3) is 22.6 Å². The zero-order valence-electron chi connectivity index (χ0n) is 20.7. The summed E-state index contributed by atoms with van der Waals surface area (Å²) in [5.74, 6) is 0.670. The molecule has 0 saturated carbocycles. The van der Waals surface area contributed by atoms with Gasteiger partial charge in [-0.3, -0.25) is 9.59 Å². The Morgan fingerprint density at radius 1 is 1.11 bits per heavy atom. The number of carbonyl (C=O) groups excluding carboxylic acids is 1. The highest BCUT2D eigenvalue weighted by atomic mass is 35.5. The van der Waals surface area contributed by atoms with Crippen LogP contribution in [-0.4, -0.2) is 33.0 Å². The van der Waals surface area contributed by atoms with Gasteiger partial charge in [-0.2, -0.15) is 5.21 Å². The fourth-order valence-corrected chi connectivity index (χ4v) is 4.40. The summed E-state index contributed by atoms with van der Waals surface area (Å²) in [6.07, 6.45) is 0.820. The molecule has 1 atom stereocenters. The number of nitrogen functional groups attached to an aromatic ring is 1. The SMILES string of the molecule is Cc1ccc2oc(-c3nn[nH]n3)c(N)c(=O)c2c1C(=O)c1ccc(OCCC(C)c2ccc(Cl)cc2)cc1. The van der Waals surface area contributed by atoms with Gasteiger partial charge in [0.05, 0.1) is 12.0 Å². The number of anilines is 1. The van der Waals surface area contributed by atoms with Crippen LogP contribution < -0.4 is 15.9 Å². The maximum Gasteiger partial charge on any atom is 0.242 e. The van der Waals surface area contributed by atoms with E-state index in [2.05, 4.69) is 27.5 Å².